The van der Waals surface area contributed by atoms with Gasteiger partial charge in [0, 0.05) is 31.2 Å². The fraction of sp³-hybridized carbons (Fsp3) is 0.269. The van der Waals surface area contributed by atoms with E-state index in [0.29, 0.717) is 18.9 Å². The van der Waals surface area contributed by atoms with Gasteiger partial charge >= 0.3 is 0 Å². The van der Waals surface area contributed by atoms with E-state index in [1.54, 1.807) is 17.5 Å². The predicted molar refractivity (Wildman–Crippen MR) is 126 cm³/mol. The van der Waals surface area contributed by atoms with Gasteiger partial charge in [-0.25, -0.2) is 9.96 Å². The molecule has 0 aliphatic carbocycles. The first-order valence-electron chi connectivity index (χ1n) is 11.4. The number of nitrogens with zero attached hydrogens (tertiary/aromatic N) is 4. The van der Waals surface area contributed by atoms with Crippen LogP contribution in [0.15, 0.2) is 79.1 Å². The van der Waals surface area contributed by atoms with Crippen molar-refractivity contribution in [3.63, 3.8) is 0 Å². The van der Waals surface area contributed by atoms with Gasteiger partial charge in [-0.05, 0) is 54.1 Å². The standard InChI is InChI=1S/C26H24N4O4/c31-25-22-23(18-10-12-27-13-11-18)30(21-4-2-1-3-5-21)34-24(22)26(32)29(25)20-8-6-19(7-9-20)28-14-16-33-17-15-28/h1-13,22-24H,14-17H2/t22-,23-,24-/m1/s1. The maximum Gasteiger partial charge on any atom is 0.266 e. The number of hydrogen-bond donors (Lipinski definition) is 0. The largest absolute Gasteiger partial charge is 0.378 e. The van der Waals surface area contributed by atoms with Crippen LogP contribution in [0.25, 0.3) is 0 Å². The summed E-state index contributed by atoms with van der Waals surface area (Å²) in [4.78, 5) is 40.9. The Morgan fingerprint density at radius 3 is 2.15 bits per heavy atom. The van der Waals surface area contributed by atoms with E-state index >= 15 is 0 Å². The van der Waals surface area contributed by atoms with Gasteiger partial charge in [0.1, 0.15) is 5.92 Å². The number of ether oxygens (including phenoxy) is 1. The van der Waals surface area contributed by atoms with Crippen LogP contribution >= 0.6 is 0 Å². The molecule has 6 rings (SSSR count). The highest BCUT2D eigenvalue weighted by Crippen LogP contribution is 2.47. The molecule has 0 radical (unpaired) electrons. The van der Waals surface area contributed by atoms with Crippen molar-refractivity contribution in [2.45, 2.75) is 12.1 Å². The van der Waals surface area contributed by atoms with Crippen LogP contribution in [0.4, 0.5) is 17.1 Å². The van der Waals surface area contributed by atoms with Crippen molar-refractivity contribution in [1.82, 2.24) is 4.98 Å². The third-order valence-electron chi connectivity index (χ3n) is 6.66. The molecule has 0 saturated carbocycles. The van der Waals surface area contributed by atoms with Gasteiger partial charge < -0.3 is 9.64 Å². The highest BCUT2D eigenvalue weighted by molar-refractivity contribution is 6.24. The zero-order valence-electron chi connectivity index (χ0n) is 18.5. The van der Waals surface area contributed by atoms with E-state index in [1.165, 1.54) is 4.90 Å². The summed E-state index contributed by atoms with van der Waals surface area (Å²) >= 11 is 0. The number of carbonyl (C=O) groups is 2. The second-order valence-corrected chi connectivity index (χ2v) is 8.57. The van der Waals surface area contributed by atoms with Crippen molar-refractivity contribution >= 4 is 28.9 Å². The average Bonchev–Trinajstić information content (AvgIpc) is 3.41. The Hall–Kier alpha value is -3.75. The third-order valence-corrected chi connectivity index (χ3v) is 6.66. The summed E-state index contributed by atoms with van der Waals surface area (Å²) in [5.41, 5.74) is 3.27. The van der Waals surface area contributed by atoms with Gasteiger partial charge in [-0.2, -0.15) is 0 Å². The number of morpholine rings is 1. The molecule has 0 spiro atoms. The summed E-state index contributed by atoms with van der Waals surface area (Å²) in [6.45, 7) is 3.03. The van der Waals surface area contributed by atoms with Crippen molar-refractivity contribution < 1.29 is 19.2 Å². The van der Waals surface area contributed by atoms with Crippen molar-refractivity contribution in [3.8, 4) is 0 Å². The quantitative estimate of drug-likeness (QED) is 0.559. The summed E-state index contributed by atoms with van der Waals surface area (Å²) in [6, 6.07) is 20.4. The Labute approximate surface area is 197 Å². The number of amides is 2. The Morgan fingerprint density at radius 2 is 1.44 bits per heavy atom. The Balaban J connectivity index is 1.32. The van der Waals surface area contributed by atoms with Gasteiger partial charge in [0.2, 0.25) is 5.91 Å². The molecule has 3 aromatic rings. The van der Waals surface area contributed by atoms with E-state index in [4.69, 9.17) is 9.57 Å². The molecule has 0 unspecified atom stereocenters. The van der Waals surface area contributed by atoms with Crippen molar-refractivity contribution in [1.29, 1.82) is 0 Å². The zero-order valence-corrected chi connectivity index (χ0v) is 18.5. The molecule has 3 aliphatic heterocycles. The lowest BCUT2D eigenvalue weighted by Crippen LogP contribution is -2.38. The van der Waals surface area contributed by atoms with E-state index in [2.05, 4.69) is 9.88 Å². The molecule has 1 aromatic heterocycles. The topological polar surface area (TPSA) is 75.2 Å². The van der Waals surface area contributed by atoms with Crippen molar-refractivity contribution in [3.05, 3.63) is 84.7 Å². The van der Waals surface area contributed by atoms with E-state index in [1.807, 2.05) is 66.7 Å². The summed E-state index contributed by atoms with van der Waals surface area (Å²) < 4.78 is 5.42. The number of carbonyl (C=O) groups excluding carboxylic acids is 2. The first-order valence-corrected chi connectivity index (χ1v) is 11.4. The summed E-state index contributed by atoms with van der Waals surface area (Å²) in [6.07, 6.45) is 2.49. The van der Waals surface area contributed by atoms with Crippen LogP contribution in [0.2, 0.25) is 0 Å². The van der Waals surface area contributed by atoms with Gasteiger partial charge in [-0.3, -0.25) is 19.4 Å². The second kappa shape index (κ2) is 8.55. The Kier molecular flexibility index (Phi) is 5.24. The zero-order chi connectivity index (χ0) is 23.1. The number of fused-ring (bicyclic) bond motifs is 1. The highest BCUT2D eigenvalue weighted by Gasteiger charge is 2.60. The SMILES string of the molecule is O=C1[C@@H]2[C@@H](c3ccncc3)N(c3ccccc3)O[C@H]2C(=O)N1c1ccc(N2CCOCC2)cc1. The molecule has 2 aromatic carbocycles. The van der Waals surface area contributed by atoms with Crippen LogP contribution in [-0.2, 0) is 19.2 Å². The first kappa shape index (κ1) is 20.8. The predicted octanol–water partition coefficient (Wildman–Crippen LogP) is 2.97. The number of imide groups is 1. The average molecular weight is 457 g/mol. The number of benzene rings is 2. The van der Waals surface area contributed by atoms with Crippen LogP contribution in [-0.4, -0.2) is 49.2 Å². The smallest absolute Gasteiger partial charge is 0.266 e. The minimum absolute atomic E-state index is 0.255. The molecule has 34 heavy (non-hydrogen) atoms. The number of anilines is 3. The third kappa shape index (κ3) is 3.43. The minimum atomic E-state index is -0.884. The minimum Gasteiger partial charge on any atom is -0.378 e. The molecule has 2 amide bonds. The highest BCUT2D eigenvalue weighted by atomic mass is 16.7. The number of para-hydroxylation sites is 1. The number of hydrogen-bond acceptors (Lipinski definition) is 7. The van der Waals surface area contributed by atoms with Gasteiger partial charge in [-0.1, -0.05) is 18.2 Å². The molecular weight excluding hydrogens is 432 g/mol. The molecule has 8 nitrogen and oxygen atoms in total. The Morgan fingerprint density at radius 1 is 0.765 bits per heavy atom. The molecule has 0 N–H and O–H groups in total. The van der Waals surface area contributed by atoms with Gasteiger partial charge in [0.15, 0.2) is 6.10 Å². The van der Waals surface area contributed by atoms with Gasteiger partial charge in [-0.15, -0.1) is 0 Å². The van der Waals surface area contributed by atoms with Crippen LogP contribution in [0.3, 0.4) is 0 Å². The molecule has 4 heterocycles. The van der Waals surface area contributed by atoms with E-state index in [9.17, 15) is 9.59 Å². The monoisotopic (exact) mass is 456 g/mol. The second-order valence-electron chi connectivity index (χ2n) is 8.57. The van der Waals surface area contributed by atoms with Crippen LogP contribution in [0, 0.1) is 5.92 Å². The lowest BCUT2D eigenvalue weighted by Gasteiger charge is -2.30. The molecule has 0 bridgehead atoms. The fourth-order valence-electron chi connectivity index (χ4n) is 5.00. The summed E-state index contributed by atoms with van der Waals surface area (Å²) in [7, 11) is 0. The lowest BCUT2D eigenvalue weighted by molar-refractivity contribution is -0.126. The Bertz CT molecular complexity index is 1180. The fourth-order valence-corrected chi connectivity index (χ4v) is 5.00. The lowest BCUT2D eigenvalue weighted by atomic mass is 9.91. The number of rotatable bonds is 4. The molecule has 3 atom stereocenters. The van der Waals surface area contributed by atoms with Gasteiger partial charge in [0.05, 0.1) is 30.6 Å². The van der Waals surface area contributed by atoms with Crippen LogP contribution < -0.4 is 14.9 Å². The van der Waals surface area contributed by atoms with Crippen LogP contribution in [0.1, 0.15) is 11.6 Å². The molecule has 3 fully saturated rings. The molecule has 3 saturated heterocycles. The first-order chi connectivity index (χ1) is 16.7. The summed E-state index contributed by atoms with van der Waals surface area (Å²) in [5, 5.41) is 1.69. The van der Waals surface area contributed by atoms with Crippen molar-refractivity contribution in [2.24, 2.45) is 5.92 Å². The number of pyridine rings is 1. The molecule has 3 aliphatic rings. The number of aromatic nitrogens is 1. The normalized spacial score (nSPS) is 24.6. The maximum absolute atomic E-state index is 13.7. The molecular formula is C26H24N4O4. The van der Waals surface area contributed by atoms with Crippen molar-refractivity contribution in [2.75, 3.05) is 41.2 Å². The summed E-state index contributed by atoms with van der Waals surface area (Å²) in [5.74, 6) is -1.25. The van der Waals surface area contributed by atoms with Crippen LogP contribution in [0.5, 0.6) is 0 Å². The van der Waals surface area contributed by atoms with Gasteiger partial charge in [0.25, 0.3) is 5.91 Å². The van der Waals surface area contributed by atoms with E-state index in [0.717, 1.165) is 30.0 Å². The number of hydroxylamine groups is 1. The van der Waals surface area contributed by atoms with E-state index < -0.39 is 18.1 Å². The van der Waals surface area contributed by atoms with E-state index in [-0.39, 0.29) is 11.8 Å². The molecule has 8 heteroatoms. The molecule has 172 valence electrons. The maximum atomic E-state index is 13.7.